The average Bonchev–Trinajstić information content (AvgIpc) is 2.78. The Morgan fingerprint density at radius 3 is 2.70 bits per heavy atom. The maximum Gasteiger partial charge on any atom is 0.265 e. The van der Waals surface area contributed by atoms with Gasteiger partial charge in [-0.3, -0.25) is 9.20 Å². The quantitative estimate of drug-likeness (QED) is 0.637. The molecule has 1 unspecified atom stereocenters. The van der Waals surface area contributed by atoms with E-state index in [2.05, 4.69) is 48.5 Å². The summed E-state index contributed by atoms with van der Waals surface area (Å²) >= 11 is 0. The molecule has 1 saturated heterocycles. The highest BCUT2D eigenvalue weighted by atomic mass is 35.5. The van der Waals surface area contributed by atoms with Crippen molar-refractivity contribution in [3.8, 4) is 11.1 Å². The number of hydrogen-bond donors (Lipinski definition) is 1. The summed E-state index contributed by atoms with van der Waals surface area (Å²) in [5.74, 6) is 0. The van der Waals surface area contributed by atoms with Crippen LogP contribution in [0.15, 0.2) is 53.5 Å². The molecule has 1 aromatic carbocycles. The van der Waals surface area contributed by atoms with Gasteiger partial charge in [0.05, 0.1) is 11.3 Å². The highest BCUT2D eigenvalue weighted by Gasteiger charge is 2.19. The molecule has 0 saturated carbocycles. The van der Waals surface area contributed by atoms with Gasteiger partial charge in [0.1, 0.15) is 5.65 Å². The van der Waals surface area contributed by atoms with Crippen molar-refractivity contribution in [3.05, 3.63) is 64.7 Å². The molecule has 3 heterocycles. The van der Waals surface area contributed by atoms with E-state index in [0.29, 0.717) is 11.7 Å². The first kappa shape index (κ1) is 22.3. The molecule has 4 rings (SSSR count). The third-order valence-corrected chi connectivity index (χ3v) is 5.96. The Morgan fingerprint density at radius 2 is 2.00 bits per heavy atom. The smallest absolute Gasteiger partial charge is 0.265 e. The Morgan fingerprint density at radius 1 is 1.20 bits per heavy atom. The van der Waals surface area contributed by atoms with Crippen LogP contribution in [-0.2, 0) is 6.42 Å². The van der Waals surface area contributed by atoms with Crippen molar-refractivity contribution in [2.75, 3.05) is 25.0 Å². The van der Waals surface area contributed by atoms with E-state index in [1.54, 1.807) is 10.6 Å². The first-order valence-corrected chi connectivity index (χ1v) is 10.7. The maximum atomic E-state index is 13.3. The summed E-state index contributed by atoms with van der Waals surface area (Å²) in [7, 11) is 2.16. The van der Waals surface area contributed by atoms with Crippen molar-refractivity contribution >= 4 is 23.7 Å². The lowest BCUT2D eigenvalue weighted by atomic mass is 10.0. The molecule has 1 N–H and O–H groups in total. The first-order valence-electron chi connectivity index (χ1n) is 10.7. The topological polar surface area (TPSA) is 49.6 Å². The summed E-state index contributed by atoms with van der Waals surface area (Å²) in [6, 6.07) is 14.6. The molecule has 0 spiro atoms. The molecular weight excluding hydrogens is 396 g/mol. The molecule has 30 heavy (non-hydrogen) atoms. The summed E-state index contributed by atoms with van der Waals surface area (Å²) in [5.41, 5.74) is 4.50. The van der Waals surface area contributed by atoms with Crippen LogP contribution < -0.4 is 15.8 Å². The van der Waals surface area contributed by atoms with E-state index >= 15 is 0 Å². The van der Waals surface area contributed by atoms with Crippen molar-refractivity contribution in [2.24, 2.45) is 0 Å². The Labute approximate surface area is 184 Å². The molecule has 6 heteroatoms. The highest BCUT2D eigenvalue weighted by Crippen LogP contribution is 2.26. The SMILES string of the molecule is CCCCc1nc2ccccn2c(=O)c1-c1ccc(N(C)C2CCCNC2)cc1.Cl. The van der Waals surface area contributed by atoms with Crippen LogP contribution in [0.5, 0.6) is 0 Å². The molecule has 1 aliphatic rings. The molecule has 0 amide bonds. The van der Waals surface area contributed by atoms with Gasteiger partial charge in [0.15, 0.2) is 0 Å². The zero-order valence-electron chi connectivity index (χ0n) is 17.8. The predicted molar refractivity (Wildman–Crippen MR) is 127 cm³/mol. The molecule has 5 nitrogen and oxygen atoms in total. The summed E-state index contributed by atoms with van der Waals surface area (Å²) < 4.78 is 1.65. The molecule has 1 fully saturated rings. The van der Waals surface area contributed by atoms with Gasteiger partial charge in [-0.2, -0.15) is 0 Å². The third kappa shape index (κ3) is 4.52. The number of fused-ring (bicyclic) bond motifs is 1. The lowest BCUT2D eigenvalue weighted by Gasteiger charge is -2.33. The molecule has 0 radical (unpaired) electrons. The normalized spacial score (nSPS) is 16.3. The van der Waals surface area contributed by atoms with Gasteiger partial charge >= 0.3 is 0 Å². The zero-order chi connectivity index (χ0) is 20.2. The van der Waals surface area contributed by atoms with Crippen molar-refractivity contribution < 1.29 is 0 Å². The van der Waals surface area contributed by atoms with E-state index in [0.717, 1.165) is 49.2 Å². The molecule has 3 aromatic rings. The second-order valence-corrected chi connectivity index (χ2v) is 7.93. The Kier molecular flexibility index (Phi) is 7.51. The van der Waals surface area contributed by atoms with Crippen molar-refractivity contribution in [3.63, 3.8) is 0 Å². The minimum atomic E-state index is 0. The fraction of sp³-hybridized carbons (Fsp3) is 0.417. The van der Waals surface area contributed by atoms with Crippen molar-refractivity contribution in [1.29, 1.82) is 0 Å². The number of unbranched alkanes of at least 4 members (excludes halogenated alkanes) is 1. The van der Waals surface area contributed by atoms with E-state index in [4.69, 9.17) is 4.98 Å². The van der Waals surface area contributed by atoms with Crippen LogP contribution in [0.2, 0.25) is 0 Å². The van der Waals surface area contributed by atoms with Crippen LogP contribution in [0.1, 0.15) is 38.3 Å². The number of benzene rings is 1. The number of anilines is 1. The van der Waals surface area contributed by atoms with E-state index < -0.39 is 0 Å². The molecule has 0 aliphatic carbocycles. The molecule has 1 aliphatic heterocycles. The largest absolute Gasteiger partial charge is 0.370 e. The van der Waals surface area contributed by atoms with E-state index in [9.17, 15) is 4.79 Å². The fourth-order valence-corrected chi connectivity index (χ4v) is 4.19. The molecule has 1 atom stereocenters. The number of piperidine rings is 1. The number of halogens is 1. The van der Waals surface area contributed by atoms with Gasteiger partial charge in [-0.15, -0.1) is 12.4 Å². The first-order chi connectivity index (χ1) is 14.2. The summed E-state index contributed by atoms with van der Waals surface area (Å²) in [5, 5.41) is 3.48. The Bertz CT molecular complexity index is 1030. The third-order valence-electron chi connectivity index (χ3n) is 5.96. The van der Waals surface area contributed by atoms with Crippen LogP contribution >= 0.6 is 12.4 Å². The Balaban J connectivity index is 0.00000256. The summed E-state index contributed by atoms with van der Waals surface area (Å²) in [6.45, 7) is 4.30. The number of hydrogen-bond acceptors (Lipinski definition) is 4. The van der Waals surface area contributed by atoms with Gasteiger partial charge in [0.25, 0.3) is 5.56 Å². The van der Waals surface area contributed by atoms with Crippen LogP contribution in [0.4, 0.5) is 5.69 Å². The van der Waals surface area contributed by atoms with Gasteiger partial charge in [-0.05, 0) is 62.1 Å². The van der Waals surface area contributed by atoms with Crippen LogP contribution in [0.3, 0.4) is 0 Å². The van der Waals surface area contributed by atoms with Crippen LogP contribution in [-0.4, -0.2) is 35.6 Å². The van der Waals surface area contributed by atoms with Crippen LogP contribution in [0, 0.1) is 0 Å². The lowest BCUT2D eigenvalue weighted by molar-refractivity contribution is 0.445. The van der Waals surface area contributed by atoms with Gasteiger partial charge < -0.3 is 10.2 Å². The fourth-order valence-electron chi connectivity index (χ4n) is 4.19. The van der Waals surface area contributed by atoms with Gasteiger partial charge in [0.2, 0.25) is 0 Å². The number of pyridine rings is 1. The summed E-state index contributed by atoms with van der Waals surface area (Å²) in [4.78, 5) is 20.5. The Hall–Kier alpha value is -2.37. The number of rotatable bonds is 6. The van der Waals surface area contributed by atoms with Crippen molar-refractivity contribution in [1.82, 2.24) is 14.7 Å². The van der Waals surface area contributed by atoms with Crippen LogP contribution in [0.25, 0.3) is 16.8 Å². The zero-order valence-corrected chi connectivity index (χ0v) is 18.6. The van der Waals surface area contributed by atoms with Gasteiger partial charge in [-0.1, -0.05) is 31.5 Å². The lowest BCUT2D eigenvalue weighted by Crippen LogP contribution is -2.44. The second kappa shape index (κ2) is 10.1. The number of likely N-dealkylation sites (N-methyl/N-ethyl adjacent to an activating group) is 1. The number of aryl methyl sites for hydroxylation is 1. The minimum absolute atomic E-state index is 0. The van der Waals surface area contributed by atoms with E-state index in [-0.39, 0.29) is 18.0 Å². The molecule has 160 valence electrons. The number of aromatic nitrogens is 2. The average molecular weight is 427 g/mol. The maximum absolute atomic E-state index is 13.3. The highest BCUT2D eigenvalue weighted by molar-refractivity contribution is 5.85. The molecule has 0 bridgehead atoms. The molecule has 2 aromatic heterocycles. The minimum Gasteiger partial charge on any atom is -0.370 e. The standard InChI is InChI=1S/C24H30N4O.ClH/c1-3-4-9-21-23(24(29)28-16-6-5-10-22(28)26-21)18-11-13-19(14-12-18)27(2)20-8-7-15-25-17-20;/h5-6,10-14,16,20,25H,3-4,7-9,15,17H2,1-2H3;1H. The van der Waals surface area contributed by atoms with E-state index in [1.165, 1.54) is 18.5 Å². The molecular formula is C24H31ClN4O. The van der Waals surface area contributed by atoms with Gasteiger partial charge in [-0.25, -0.2) is 4.98 Å². The number of nitrogens with zero attached hydrogens (tertiary/aromatic N) is 3. The monoisotopic (exact) mass is 426 g/mol. The van der Waals surface area contributed by atoms with E-state index in [1.807, 2.05) is 18.2 Å². The predicted octanol–water partition coefficient (Wildman–Crippen LogP) is 4.31. The van der Waals surface area contributed by atoms with Crippen molar-refractivity contribution in [2.45, 2.75) is 45.1 Å². The number of nitrogens with one attached hydrogen (secondary N) is 1. The van der Waals surface area contributed by atoms with Gasteiger partial charge in [0, 0.05) is 31.5 Å². The summed E-state index contributed by atoms with van der Waals surface area (Å²) in [6.07, 6.45) is 7.15. The second-order valence-electron chi connectivity index (χ2n) is 7.93.